The number of hydrogen-bond acceptors (Lipinski definition) is 4. The van der Waals surface area contributed by atoms with Crippen molar-refractivity contribution in [3.8, 4) is 0 Å². The van der Waals surface area contributed by atoms with Gasteiger partial charge in [0.25, 0.3) is 0 Å². The van der Waals surface area contributed by atoms with Crippen LogP contribution in [0.1, 0.15) is 11.3 Å². The van der Waals surface area contributed by atoms with Gasteiger partial charge in [0.2, 0.25) is 5.95 Å². The second-order valence-electron chi connectivity index (χ2n) is 4.05. The summed E-state index contributed by atoms with van der Waals surface area (Å²) in [7, 11) is 1.89. The van der Waals surface area contributed by atoms with E-state index in [0.717, 1.165) is 10.6 Å². The second kappa shape index (κ2) is 5.95. The highest BCUT2D eigenvalue weighted by Crippen LogP contribution is 2.18. The molecule has 19 heavy (non-hydrogen) atoms. The molecule has 0 aliphatic rings. The lowest BCUT2D eigenvalue weighted by Gasteiger charge is -2.18. The summed E-state index contributed by atoms with van der Waals surface area (Å²) in [4.78, 5) is 10.7. The zero-order valence-corrected chi connectivity index (χ0v) is 11.9. The molecule has 0 saturated heterocycles. The molecule has 0 bridgehead atoms. The van der Waals surface area contributed by atoms with Crippen molar-refractivity contribution in [3.63, 3.8) is 0 Å². The van der Waals surface area contributed by atoms with Gasteiger partial charge in [0, 0.05) is 24.8 Å². The Labute approximate surface area is 122 Å². The maximum atomic E-state index is 6.13. The Bertz CT molecular complexity index is 603. The van der Waals surface area contributed by atoms with E-state index in [-0.39, 0.29) is 4.99 Å². The van der Waals surface area contributed by atoms with Crippen LogP contribution in [0.3, 0.4) is 0 Å². The van der Waals surface area contributed by atoms with Crippen molar-refractivity contribution in [2.45, 2.75) is 6.54 Å². The fourth-order valence-electron chi connectivity index (χ4n) is 1.62. The van der Waals surface area contributed by atoms with E-state index in [1.807, 2.05) is 36.2 Å². The number of anilines is 1. The van der Waals surface area contributed by atoms with Crippen molar-refractivity contribution >= 4 is 34.8 Å². The van der Waals surface area contributed by atoms with Gasteiger partial charge in [0.1, 0.15) is 10.7 Å². The minimum atomic E-state index is 0.259. The summed E-state index contributed by atoms with van der Waals surface area (Å²) in [6.45, 7) is 0.612. The molecule has 1 aromatic carbocycles. The minimum Gasteiger partial charge on any atom is -0.388 e. The van der Waals surface area contributed by atoms with E-state index in [2.05, 4.69) is 9.97 Å². The number of aromatic nitrogens is 2. The molecule has 0 aliphatic carbocycles. The molecule has 0 amide bonds. The Morgan fingerprint density at radius 2 is 2.11 bits per heavy atom. The summed E-state index contributed by atoms with van der Waals surface area (Å²) in [6.07, 6.45) is 1.64. The van der Waals surface area contributed by atoms with Crippen LogP contribution >= 0.6 is 23.8 Å². The van der Waals surface area contributed by atoms with Crippen LogP contribution in [-0.2, 0) is 6.54 Å². The monoisotopic (exact) mass is 292 g/mol. The summed E-state index contributed by atoms with van der Waals surface area (Å²) in [5, 5.41) is 0.722. The molecule has 2 N–H and O–H groups in total. The molecule has 6 heteroatoms. The number of thiocarbonyl (C=S) groups is 1. The third-order valence-electron chi connectivity index (χ3n) is 2.60. The van der Waals surface area contributed by atoms with Crippen molar-refractivity contribution in [3.05, 3.63) is 52.8 Å². The Kier molecular flexibility index (Phi) is 4.29. The first-order valence-electron chi connectivity index (χ1n) is 5.65. The van der Waals surface area contributed by atoms with Gasteiger partial charge in [-0.15, -0.1) is 0 Å². The minimum absolute atomic E-state index is 0.259. The number of nitrogens with zero attached hydrogens (tertiary/aromatic N) is 3. The van der Waals surface area contributed by atoms with Gasteiger partial charge in [-0.2, -0.15) is 0 Å². The molecule has 0 saturated carbocycles. The first kappa shape index (κ1) is 13.7. The number of hydrogen-bond donors (Lipinski definition) is 1. The highest BCUT2D eigenvalue weighted by molar-refractivity contribution is 7.80. The lowest BCUT2D eigenvalue weighted by molar-refractivity contribution is 0.865. The van der Waals surface area contributed by atoms with E-state index in [1.165, 1.54) is 0 Å². The topological polar surface area (TPSA) is 55.0 Å². The van der Waals surface area contributed by atoms with Crippen LogP contribution in [0, 0.1) is 0 Å². The number of nitrogens with two attached hydrogens (primary N) is 1. The lowest BCUT2D eigenvalue weighted by Crippen LogP contribution is -2.21. The van der Waals surface area contributed by atoms with Crippen LogP contribution in [0.25, 0.3) is 0 Å². The number of halogens is 1. The first-order valence-corrected chi connectivity index (χ1v) is 6.44. The van der Waals surface area contributed by atoms with Crippen LogP contribution in [0.5, 0.6) is 0 Å². The summed E-state index contributed by atoms with van der Waals surface area (Å²) in [5.74, 6) is 0.560. The molecule has 1 aromatic heterocycles. The average Bonchev–Trinajstić information content (AvgIpc) is 2.41. The van der Waals surface area contributed by atoms with Crippen LogP contribution in [-0.4, -0.2) is 22.0 Å². The van der Waals surface area contributed by atoms with E-state index in [1.54, 1.807) is 12.3 Å². The highest BCUT2D eigenvalue weighted by atomic mass is 35.5. The zero-order chi connectivity index (χ0) is 13.8. The van der Waals surface area contributed by atoms with E-state index >= 15 is 0 Å². The predicted octanol–water partition coefficient (Wildman–Crippen LogP) is 2.40. The molecule has 0 unspecified atom stereocenters. The van der Waals surface area contributed by atoms with E-state index in [9.17, 15) is 0 Å². The fraction of sp³-hybridized carbons (Fsp3) is 0.154. The molecule has 4 nitrogen and oxygen atoms in total. The van der Waals surface area contributed by atoms with E-state index in [4.69, 9.17) is 29.6 Å². The zero-order valence-electron chi connectivity index (χ0n) is 10.4. The molecule has 0 fully saturated rings. The third kappa shape index (κ3) is 3.39. The Balaban J connectivity index is 2.20. The molecule has 0 aliphatic heterocycles. The van der Waals surface area contributed by atoms with Crippen LogP contribution in [0.15, 0.2) is 36.5 Å². The van der Waals surface area contributed by atoms with E-state index in [0.29, 0.717) is 18.2 Å². The molecule has 98 valence electrons. The van der Waals surface area contributed by atoms with Gasteiger partial charge in [0.05, 0.1) is 0 Å². The molecule has 0 radical (unpaired) electrons. The molecular weight excluding hydrogens is 280 g/mol. The van der Waals surface area contributed by atoms with Gasteiger partial charge in [-0.05, 0) is 17.7 Å². The van der Waals surface area contributed by atoms with Gasteiger partial charge in [-0.3, -0.25) is 0 Å². The van der Waals surface area contributed by atoms with Crippen molar-refractivity contribution in [2.24, 2.45) is 5.73 Å². The Hall–Kier alpha value is -1.72. The van der Waals surface area contributed by atoms with Gasteiger partial charge >= 0.3 is 0 Å². The van der Waals surface area contributed by atoms with Crippen molar-refractivity contribution in [1.82, 2.24) is 9.97 Å². The lowest BCUT2D eigenvalue weighted by atomic mass is 10.2. The van der Waals surface area contributed by atoms with Gasteiger partial charge in [-0.25, -0.2) is 9.97 Å². The van der Waals surface area contributed by atoms with Crippen LogP contribution in [0.4, 0.5) is 5.95 Å². The molecule has 2 rings (SSSR count). The maximum absolute atomic E-state index is 6.13. The predicted molar refractivity (Wildman–Crippen MR) is 81.5 cm³/mol. The van der Waals surface area contributed by atoms with Gasteiger partial charge < -0.3 is 10.6 Å². The van der Waals surface area contributed by atoms with Gasteiger partial charge in [-0.1, -0.05) is 42.0 Å². The van der Waals surface area contributed by atoms with Gasteiger partial charge in [0.15, 0.2) is 0 Å². The second-order valence-corrected chi connectivity index (χ2v) is 4.90. The number of rotatable bonds is 4. The molecule has 2 aromatic rings. The smallest absolute Gasteiger partial charge is 0.225 e. The molecular formula is C13H13ClN4S. The molecule has 1 heterocycles. The third-order valence-corrected chi connectivity index (χ3v) is 3.18. The summed E-state index contributed by atoms with van der Waals surface area (Å²) >= 11 is 11.0. The van der Waals surface area contributed by atoms with Crippen molar-refractivity contribution in [2.75, 3.05) is 11.9 Å². The highest BCUT2D eigenvalue weighted by Gasteiger charge is 2.09. The summed E-state index contributed by atoms with van der Waals surface area (Å²) in [5.41, 5.74) is 7.13. The van der Waals surface area contributed by atoms with Crippen LogP contribution in [0.2, 0.25) is 5.02 Å². The molecule has 0 spiro atoms. The first-order chi connectivity index (χ1) is 9.08. The summed E-state index contributed by atoms with van der Waals surface area (Å²) in [6, 6.07) is 9.36. The quantitative estimate of drug-likeness (QED) is 0.877. The Morgan fingerprint density at radius 3 is 2.79 bits per heavy atom. The number of benzene rings is 1. The van der Waals surface area contributed by atoms with Crippen molar-refractivity contribution < 1.29 is 0 Å². The maximum Gasteiger partial charge on any atom is 0.225 e. The largest absolute Gasteiger partial charge is 0.388 e. The normalized spacial score (nSPS) is 10.2. The van der Waals surface area contributed by atoms with Crippen LogP contribution < -0.4 is 10.6 Å². The standard InChI is InChI=1S/C13H13ClN4S/c1-18(8-9-4-2-3-5-10(9)14)13-16-7-6-11(17-13)12(15)19/h2-7H,8H2,1H3,(H2,15,19). The average molecular weight is 293 g/mol. The van der Waals surface area contributed by atoms with Crippen molar-refractivity contribution in [1.29, 1.82) is 0 Å². The van der Waals surface area contributed by atoms with E-state index < -0.39 is 0 Å². The molecule has 0 atom stereocenters. The SMILES string of the molecule is CN(Cc1ccccc1Cl)c1nccc(C(N)=S)n1. The fourth-order valence-corrected chi connectivity index (χ4v) is 1.93. The Morgan fingerprint density at radius 1 is 1.37 bits per heavy atom. The summed E-state index contributed by atoms with van der Waals surface area (Å²) < 4.78 is 0.